The molecule has 0 aliphatic carbocycles. The van der Waals surface area contributed by atoms with Crippen LogP contribution in [-0.4, -0.2) is 34.0 Å². The van der Waals surface area contributed by atoms with E-state index in [1.54, 1.807) is 0 Å². The van der Waals surface area contributed by atoms with Gasteiger partial charge in [0.2, 0.25) is 10.7 Å². The summed E-state index contributed by atoms with van der Waals surface area (Å²) in [6.45, 7) is 4.82. The van der Waals surface area contributed by atoms with Gasteiger partial charge in [0.05, 0.1) is 11.9 Å². The average molecular weight is 344 g/mol. The van der Waals surface area contributed by atoms with Gasteiger partial charge in [-0.25, -0.2) is 9.55 Å². The Bertz CT molecular complexity index is 859. The summed E-state index contributed by atoms with van der Waals surface area (Å²) in [5, 5.41) is 6.82. The van der Waals surface area contributed by atoms with Crippen LogP contribution in [0.25, 0.3) is 10.9 Å². The Kier molecular flexibility index (Phi) is 4.62. The fraction of sp³-hybridized carbons (Fsp3) is 0.412. The molecule has 6 nitrogen and oxygen atoms in total. The Labute approximate surface area is 145 Å². The predicted molar refractivity (Wildman–Crippen MR) is 95.7 cm³/mol. The molecule has 0 saturated carbocycles. The van der Waals surface area contributed by atoms with Gasteiger partial charge < -0.3 is 10.6 Å². The molecule has 0 unspecified atom stereocenters. The Morgan fingerprint density at radius 1 is 1.42 bits per heavy atom. The van der Waals surface area contributed by atoms with Gasteiger partial charge >= 0.3 is 0 Å². The summed E-state index contributed by atoms with van der Waals surface area (Å²) in [4.78, 5) is 29.0. The number of amides is 1. The van der Waals surface area contributed by atoms with E-state index in [0.29, 0.717) is 18.3 Å². The Morgan fingerprint density at radius 3 is 2.92 bits per heavy atom. The van der Waals surface area contributed by atoms with E-state index < -0.39 is 6.04 Å². The third-order valence-electron chi connectivity index (χ3n) is 4.05. The van der Waals surface area contributed by atoms with Crippen molar-refractivity contribution in [3.05, 3.63) is 29.0 Å². The van der Waals surface area contributed by atoms with E-state index in [4.69, 9.17) is 12.2 Å². The maximum absolute atomic E-state index is 12.6. The maximum Gasteiger partial charge on any atom is 0.257 e. The monoisotopic (exact) mass is 344 g/mol. The highest BCUT2D eigenvalue weighted by Gasteiger charge is 2.33. The average Bonchev–Trinajstić information content (AvgIpc) is 2.85. The van der Waals surface area contributed by atoms with Crippen LogP contribution in [-0.2, 0) is 4.79 Å². The number of nitrogens with one attached hydrogen (secondary N) is 2. The number of hydrogen-bond acceptors (Lipinski definition) is 5. The number of carbonyl (C=O) groups is 2. The zero-order valence-electron chi connectivity index (χ0n) is 13.7. The number of rotatable bonds is 5. The van der Waals surface area contributed by atoms with Crippen LogP contribution in [0.5, 0.6) is 0 Å². The molecule has 1 aliphatic rings. The summed E-state index contributed by atoms with van der Waals surface area (Å²) < 4.78 is 1.60. The summed E-state index contributed by atoms with van der Waals surface area (Å²) in [5.74, 6) is 0.775. The molecule has 1 atom stereocenters. The topological polar surface area (TPSA) is 76.0 Å². The molecule has 3 rings (SSSR count). The van der Waals surface area contributed by atoms with Gasteiger partial charge in [-0.1, -0.05) is 26.0 Å². The molecule has 0 radical (unpaired) electrons. The SMILES string of the molecule is CC(C)CCNC(=O)C[C@@H]1Nc2c3ccccc3nc(=S)n2C1=O. The summed E-state index contributed by atoms with van der Waals surface area (Å²) in [5.41, 5.74) is 0.732. The van der Waals surface area contributed by atoms with E-state index in [1.165, 1.54) is 4.57 Å². The second kappa shape index (κ2) is 6.68. The lowest BCUT2D eigenvalue weighted by Crippen LogP contribution is -2.34. The fourth-order valence-corrected chi connectivity index (χ4v) is 3.05. The van der Waals surface area contributed by atoms with E-state index in [9.17, 15) is 9.59 Å². The van der Waals surface area contributed by atoms with Crippen molar-refractivity contribution in [2.75, 3.05) is 11.9 Å². The van der Waals surface area contributed by atoms with Crippen LogP contribution in [0.2, 0.25) is 0 Å². The molecule has 1 amide bonds. The number of hydrogen-bond donors (Lipinski definition) is 2. The molecule has 1 aromatic carbocycles. The molecular formula is C17H20N4O2S. The smallest absolute Gasteiger partial charge is 0.257 e. The second-order valence-corrected chi connectivity index (χ2v) is 6.73. The molecule has 1 aromatic heterocycles. The van der Waals surface area contributed by atoms with Gasteiger partial charge in [-0.2, -0.15) is 0 Å². The van der Waals surface area contributed by atoms with Crippen molar-refractivity contribution in [3.8, 4) is 0 Å². The summed E-state index contributed by atoms with van der Waals surface area (Å²) in [7, 11) is 0. The number of aromatic nitrogens is 2. The highest BCUT2D eigenvalue weighted by atomic mass is 32.1. The second-order valence-electron chi connectivity index (χ2n) is 6.37. The largest absolute Gasteiger partial charge is 0.358 e. The zero-order valence-corrected chi connectivity index (χ0v) is 14.5. The fourth-order valence-electron chi connectivity index (χ4n) is 2.77. The highest BCUT2D eigenvalue weighted by molar-refractivity contribution is 7.71. The summed E-state index contributed by atoms with van der Waals surface area (Å²) >= 11 is 5.24. The van der Waals surface area contributed by atoms with Crippen molar-refractivity contribution >= 4 is 40.8 Å². The third-order valence-corrected chi connectivity index (χ3v) is 4.33. The number of anilines is 1. The van der Waals surface area contributed by atoms with Gasteiger partial charge in [-0.3, -0.25) is 9.59 Å². The number of carbonyl (C=O) groups excluding carboxylic acids is 2. The van der Waals surface area contributed by atoms with Crippen molar-refractivity contribution in [3.63, 3.8) is 0 Å². The molecule has 7 heteroatoms. The molecule has 24 heavy (non-hydrogen) atoms. The molecule has 2 heterocycles. The number of fused-ring (bicyclic) bond motifs is 3. The van der Waals surface area contributed by atoms with Crippen molar-refractivity contribution in [1.29, 1.82) is 0 Å². The number of benzene rings is 1. The standard InChI is InChI=1S/C17H20N4O2S/c1-10(2)7-8-18-14(22)9-13-16(23)21-15(19-13)11-5-3-4-6-12(11)20-17(21)24/h3-6,10,13,19H,7-9H2,1-2H3,(H,18,22)/t13-/m0/s1. The van der Waals surface area contributed by atoms with Crippen molar-refractivity contribution in [2.24, 2.45) is 5.92 Å². The van der Waals surface area contributed by atoms with Crippen molar-refractivity contribution in [2.45, 2.75) is 32.7 Å². The Hall–Kier alpha value is -2.28. The van der Waals surface area contributed by atoms with Gasteiger partial charge in [-0.05, 0) is 36.7 Å². The van der Waals surface area contributed by atoms with Crippen LogP contribution in [0, 0.1) is 10.7 Å². The first-order valence-electron chi connectivity index (χ1n) is 8.06. The molecule has 0 saturated heterocycles. The minimum absolute atomic E-state index is 0.0850. The third kappa shape index (κ3) is 3.17. The lowest BCUT2D eigenvalue weighted by molar-refractivity contribution is -0.121. The molecule has 2 aromatic rings. The molecule has 1 aliphatic heterocycles. The predicted octanol–water partition coefficient (Wildman–Crippen LogP) is 2.75. The van der Waals surface area contributed by atoms with E-state index >= 15 is 0 Å². The molecule has 0 fully saturated rings. The lowest BCUT2D eigenvalue weighted by Gasteiger charge is -2.10. The quantitative estimate of drug-likeness (QED) is 0.816. The van der Waals surface area contributed by atoms with E-state index in [2.05, 4.69) is 29.5 Å². The van der Waals surface area contributed by atoms with Crippen LogP contribution in [0.15, 0.2) is 24.3 Å². The Morgan fingerprint density at radius 2 is 2.17 bits per heavy atom. The van der Waals surface area contributed by atoms with Crippen LogP contribution in [0.4, 0.5) is 5.82 Å². The van der Waals surface area contributed by atoms with Gasteiger partial charge in [0.1, 0.15) is 11.9 Å². The molecule has 2 N–H and O–H groups in total. The van der Waals surface area contributed by atoms with E-state index in [-0.39, 0.29) is 23.0 Å². The molecule has 0 spiro atoms. The van der Waals surface area contributed by atoms with Gasteiger partial charge in [0.25, 0.3) is 5.91 Å². The van der Waals surface area contributed by atoms with E-state index in [1.807, 2.05) is 24.3 Å². The van der Waals surface area contributed by atoms with Crippen molar-refractivity contribution < 1.29 is 9.59 Å². The summed E-state index contributed by atoms with van der Waals surface area (Å²) in [6.07, 6.45) is 0.999. The molecular weight excluding hydrogens is 324 g/mol. The molecule has 126 valence electrons. The van der Waals surface area contributed by atoms with Crippen molar-refractivity contribution in [1.82, 2.24) is 14.9 Å². The molecule has 0 bridgehead atoms. The van der Waals surface area contributed by atoms with Crippen LogP contribution < -0.4 is 10.6 Å². The first-order chi connectivity index (χ1) is 11.5. The minimum Gasteiger partial charge on any atom is -0.358 e. The van der Waals surface area contributed by atoms with Gasteiger partial charge in [0.15, 0.2) is 0 Å². The first kappa shape index (κ1) is 16.6. The zero-order chi connectivity index (χ0) is 17.3. The first-order valence-corrected chi connectivity index (χ1v) is 8.47. The van der Waals surface area contributed by atoms with Crippen LogP contribution in [0.3, 0.4) is 0 Å². The number of nitrogens with zero attached hydrogens (tertiary/aromatic N) is 2. The lowest BCUT2D eigenvalue weighted by atomic mass is 10.1. The van der Waals surface area contributed by atoms with E-state index in [0.717, 1.165) is 17.3 Å². The number of para-hydroxylation sites is 1. The van der Waals surface area contributed by atoms with Gasteiger partial charge in [0, 0.05) is 11.9 Å². The normalized spacial score (nSPS) is 16.3. The van der Waals surface area contributed by atoms with Crippen LogP contribution in [0.1, 0.15) is 31.5 Å². The maximum atomic E-state index is 12.6. The Balaban J connectivity index is 1.78. The van der Waals surface area contributed by atoms with Crippen LogP contribution >= 0.6 is 12.2 Å². The van der Waals surface area contributed by atoms with Gasteiger partial charge in [-0.15, -0.1) is 0 Å². The minimum atomic E-state index is -0.613. The highest BCUT2D eigenvalue weighted by Crippen LogP contribution is 2.28. The summed E-state index contributed by atoms with van der Waals surface area (Å²) in [6, 6.07) is 6.88.